The first-order valence-electron chi connectivity index (χ1n) is 12.8. The minimum atomic E-state index is -1.40. The van der Waals surface area contributed by atoms with Gasteiger partial charge in [-0.3, -0.25) is 15.5 Å². The predicted octanol–water partition coefficient (Wildman–Crippen LogP) is 1.81. The molecule has 0 aliphatic rings. The summed E-state index contributed by atoms with van der Waals surface area (Å²) in [6.07, 6.45) is 0.0898. The molecule has 4 N–H and O–H groups in total. The molecular formula is C29H43N3O6+2. The molecule has 0 bridgehead atoms. The van der Waals surface area contributed by atoms with Crippen molar-refractivity contribution >= 4 is 18.0 Å². The zero-order valence-electron chi connectivity index (χ0n) is 23.3. The zero-order chi connectivity index (χ0) is 28.2. The smallest absolute Gasteiger partial charge is 0.460 e. The Balaban J connectivity index is 1.79. The van der Waals surface area contributed by atoms with Gasteiger partial charge in [0.05, 0.1) is 33.8 Å². The molecular weight excluding hydrogens is 486 g/mol. The number of rotatable bonds is 14. The van der Waals surface area contributed by atoms with Crippen LogP contribution in [0.4, 0.5) is 4.79 Å². The van der Waals surface area contributed by atoms with Crippen molar-refractivity contribution in [2.24, 2.45) is 11.1 Å². The lowest BCUT2D eigenvalue weighted by atomic mass is 9.93. The van der Waals surface area contributed by atoms with Crippen LogP contribution in [0, 0.1) is 12.3 Å². The number of ether oxygens (including phenoxy) is 3. The summed E-state index contributed by atoms with van der Waals surface area (Å²) in [4.78, 5) is 27.8. The molecule has 0 radical (unpaired) electrons. The number of benzene rings is 2. The Labute approximate surface area is 225 Å². The van der Waals surface area contributed by atoms with Crippen molar-refractivity contribution in [2.45, 2.75) is 47.0 Å². The first-order chi connectivity index (χ1) is 17.9. The van der Waals surface area contributed by atoms with Gasteiger partial charge in [-0.1, -0.05) is 54.1 Å². The van der Waals surface area contributed by atoms with Crippen molar-refractivity contribution in [1.29, 1.82) is 0 Å². The highest BCUT2D eigenvalue weighted by Crippen LogP contribution is 2.20. The Kier molecular flexibility index (Phi) is 11.7. The minimum Gasteiger partial charge on any atom is -0.460 e. The summed E-state index contributed by atoms with van der Waals surface area (Å²) in [5.74, 6) is 0.0709. The van der Waals surface area contributed by atoms with Crippen LogP contribution in [0.3, 0.4) is 0 Å². The molecule has 2 aromatic rings. The van der Waals surface area contributed by atoms with Gasteiger partial charge in [-0.25, -0.2) is 4.79 Å². The standard InChI is InChI=1S/C29H42N3O6/c1-22-7-9-25(10-8-22)19-37-28(35)38-21-29(3,20-33)27(34)36-18-26-13-11-24(12-14-26)17-32(4,5)16-6-15-31-23(2)30/h7-14,33H,6,15-21H2,1-5H3,(H2,30,31)/q+1/p+1. The van der Waals surface area contributed by atoms with Crippen LogP contribution in [0.5, 0.6) is 0 Å². The number of nitrogens with two attached hydrogens (primary N) is 1. The molecule has 0 aliphatic carbocycles. The number of esters is 1. The monoisotopic (exact) mass is 529 g/mol. The molecule has 0 amide bonds. The maximum Gasteiger partial charge on any atom is 0.508 e. The summed E-state index contributed by atoms with van der Waals surface area (Å²) >= 11 is 0. The number of carbonyl (C=O) groups is 2. The van der Waals surface area contributed by atoms with Gasteiger partial charge in [-0.2, -0.15) is 0 Å². The fraction of sp³-hybridized carbons (Fsp3) is 0.483. The van der Waals surface area contributed by atoms with Gasteiger partial charge in [-0.15, -0.1) is 0 Å². The Morgan fingerprint density at radius 3 is 2.08 bits per heavy atom. The van der Waals surface area contributed by atoms with E-state index in [4.69, 9.17) is 19.9 Å². The molecule has 208 valence electrons. The van der Waals surface area contributed by atoms with Crippen LogP contribution >= 0.6 is 0 Å². The molecule has 2 rings (SSSR count). The molecule has 1 unspecified atom stereocenters. The molecule has 2 aromatic carbocycles. The third-order valence-electron chi connectivity index (χ3n) is 6.18. The van der Waals surface area contributed by atoms with E-state index in [-0.39, 0.29) is 19.8 Å². The number of nitrogens with one attached hydrogen (secondary N) is 1. The van der Waals surface area contributed by atoms with Crippen LogP contribution in [-0.4, -0.2) is 67.9 Å². The van der Waals surface area contributed by atoms with Crippen molar-refractivity contribution in [1.82, 2.24) is 0 Å². The second-order valence-corrected chi connectivity index (χ2v) is 10.7. The highest BCUT2D eigenvalue weighted by atomic mass is 16.7. The lowest BCUT2D eigenvalue weighted by Crippen LogP contribution is -2.75. The highest BCUT2D eigenvalue weighted by Gasteiger charge is 2.36. The first-order valence-corrected chi connectivity index (χ1v) is 12.8. The molecule has 0 spiro atoms. The highest BCUT2D eigenvalue weighted by molar-refractivity contribution is 5.77. The maximum atomic E-state index is 12.7. The average Bonchev–Trinajstić information content (AvgIpc) is 2.88. The number of amidine groups is 1. The van der Waals surface area contributed by atoms with E-state index in [1.54, 1.807) is 0 Å². The third-order valence-corrected chi connectivity index (χ3v) is 6.18. The normalized spacial score (nSPS) is 13.5. The van der Waals surface area contributed by atoms with E-state index in [0.717, 1.165) is 53.1 Å². The lowest BCUT2D eigenvalue weighted by Gasteiger charge is -2.29. The van der Waals surface area contributed by atoms with Crippen LogP contribution in [-0.2, 0) is 38.8 Å². The maximum absolute atomic E-state index is 12.7. The Morgan fingerprint density at radius 1 is 0.947 bits per heavy atom. The predicted molar refractivity (Wildman–Crippen MR) is 145 cm³/mol. The summed E-state index contributed by atoms with van der Waals surface area (Å²) in [6.45, 7) is 7.21. The van der Waals surface area contributed by atoms with Gasteiger partial charge in [-0.05, 0) is 25.0 Å². The fourth-order valence-corrected chi connectivity index (χ4v) is 3.69. The van der Waals surface area contributed by atoms with Gasteiger partial charge >= 0.3 is 12.1 Å². The van der Waals surface area contributed by atoms with Crippen molar-refractivity contribution in [3.63, 3.8) is 0 Å². The number of nitrogens with zero attached hydrogens (tertiary/aromatic N) is 1. The average molecular weight is 530 g/mol. The second kappa shape index (κ2) is 14.5. The molecule has 9 nitrogen and oxygen atoms in total. The van der Waals surface area contributed by atoms with Crippen molar-refractivity contribution < 1.29 is 38.4 Å². The van der Waals surface area contributed by atoms with Crippen molar-refractivity contribution in [3.8, 4) is 0 Å². The quantitative estimate of drug-likeness (QED) is 0.112. The van der Waals surface area contributed by atoms with Gasteiger partial charge in [0.1, 0.15) is 31.8 Å². The van der Waals surface area contributed by atoms with Crippen LogP contribution < -0.4 is 10.7 Å². The number of carbonyl (C=O) groups excluding carboxylic acids is 2. The summed E-state index contributed by atoms with van der Waals surface area (Å²) in [5.41, 5.74) is 8.16. The van der Waals surface area contributed by atoms with Crippen LogP contribution in [0.2, 0.25) is 0 Å². The number of hydrogen-bond acceptors (Lipinski definition) is 6. The van der Waals surface area contributed by atoms with Gasteiger partial charge in [0.2, 0.25) is 5.84 Å². The lowest BCUT2D eigenvalue weighted by molar-refractivity contribution is -0.904. The first kappa shape index (κ1) is 30.8. The van der Waals surface area contributed by atoms with Crippen LogP contribution in [0.15, 0.2) is 48.5 Å². The summed E-state index contributed by atoms with van der Waals surface area (Å²) in [6, 6.07) is 15.4. The van der Waals surface area contributed by atoms with E-state index in [0.29, 0.717) is 0 Å². The SMILES string of the molecule is CC(N)=[NH+]CCC[N+](C)(C)Cc1ccc(COC(=O)C(C)(CO)COC(=O)OCc2ccc(C)cc2)cc1. The van der Waals surface area contributed by atoms with Crippen LogP contribution in [0.25, 0.3) is 0 Å². The third kappa shape index (κ3) is 10.9. The molecule has 0 aromatic heterocycles. The van der Waals surface area contributed by atoms with E-state index in [1.165, 1.54) is 12.5 Å². The van der Waals surface area contributed by atoms with E-state index < -0.39 is 24.1 Å². The van der Waals surface area contributed by atoms with Gasteiger partial charge in [0, 0.05) is 18.9 Å². The van der Waals surface area contributed by atoms with E-state index in [9.17, 15) is 14.7 Å². The largest absolute Gasteiger partial charge is 0.508 e. The molecule has 0 aliphatic heterocycles. The molecule has 38 heavy (non-hydrogen) atoms. The molecule has 0 saturated carbocycles. The number of aryl methyl sites for hydroxylation is 1. The number of quaternary nitrogens is 1. The molecule has 0 fully saturated rings. The number of aliphatic hydroxyl groups excluding tert-OH is 1. The molecule has 0 heterocycles. The van der Waals surface area contributed by atoms with E-state index in [1.807, 2.05) is 62.4 Å². The topological polar surface area (TPSA) is 122 Å². The Morgan fingerprint density at radius 2 is 1.50 bits per heavy atom. The fourth-order valence-electron chi connectivity index (χ4n) is 3.69. The summed E-state index contributed by atoms with van der Waals surface area (Å²) in [5, 5.41) is 9.80. The van der Waals surface area contributed by atoms with E-state index in [2.05, 4.69) is 19.1 Å². The molecule has 1 atom stereocenters. The Bertz CT molecular complexity index is 1060. The number of hydrogen-bond donors (Lipinski definition) is 3. The Hall–Kier alpha value is -3.43. The second-order valence-electron chi connectivity index (χ2n) is 10.7. The summed E-state index contributed by atoms with van der Waals surface area (Å²) in [7, 11) is 4.37. The van der Waals surface area contributed by atoms with Crippen molar-refractivity contribution in [2.75, 3.05) is 40.4 Å². The van der Waals surface area contributed by atoms with Crippen molar-refractivity contribution in [3.05, 3.63) is 70.8 Å². The molecule has 0 saturated heterocycles. The van der Waals surface area contributed by atoms with Gasteiger partial charge in [0.15, 0.2) is 0 Å². The van der Waals surface area contributed by atoms with E-state index >= 15 is 0 Å². The number of aliphatic hydroxyl groups is 1. The summed E-state index contributed by atoms with van der Waals surface area (Å²) < 4.78 is 16.4. The van der Waals surface area contributed by atoms with Gasteiger partial charge in [0.25, 0.3) is 0 Å². The van der Waals surface area contributed by atoms with Gasteiger partial charge < -0.3 is 23.8 Å². The molecule has 9 heteroatoms. The van der Waals surface area contributed by atoms with Crippen LogP contribution in [0.1, 0.15) is 42.5 Å². The minimum absolute atomic E-state index is 0.0471. The zero-order valence-corrected chi connectivity index (χ0v) is 23.3.